The van der Waals surface area contributed by atoms with Crippen molar-refractivity contribution in [3.8, 4) is 0 Å². The van der Waals surface area contributed by atoms with Crippen molar-refractivity contribution in [2.24, 2.45) is 0 Å². The van der Waals surface area contributed by atoms with Crippen LogP contribution in [0.2, 0.25) is 0 Å². The van der Waals surface area contributed by atoms with Gasteiger partial charge in [0.25, 0.3) is 0 Å². The molecule has 25 heavy (non-hydrogen) atoms. The van der Waals surface area contributed by atoms with Crippen LogP contribution >= 0.6 is 0 Å². The lowest BCUT2D eigenvalue weighted by atomic mass is 10.0. The maximum atomic E-state index is 11.0. The molecular formula is C12H25O11S2+. The van der Waals surface area contributed by atoms with Gasteiger partial charge in [0.1, 0.15) is 48.1 Å². The summed E-state index contributed by atoms with van der Waals surface area (Å²) < 4.78 is 40.5. The summed E-state index contributed by atoms with van der Waals surface area (Å²) in [5.41, 5.74) is 0. The maximum absolute atomic E-state index is 11.0. The summed E-state index contributed by atoms with van der Waals surface area (Å²) in [5, 5.41) is 56.8. The summed E-state index contributed by atoms with van der Waals surface area (Å²) in [6.07, 6.45) is -8.87. The highest BCUT2D eigenvalue weighted by Crippen LogP contribution is 2.27. The first-order valence-electron chi connectivity index (χ1n) is 7.34. The van der Waals surface area contributed by atoms with Crippen molar-refractivity contribution < 1.29 is 52.5 Å². The summed E-state index contributed by atoms with van der Waals surface area (Å²) in [6.45, 7) is -1.32. The quantitative estimate of drug-likeness (QED) is 0.136. The minimum atomic E-state index is -5.02. The van der Waals surface area contributed by atoms with E-state index in [0.29, 0.717) is 0 Å². The Bertz CT molecular complexity index is 501. The van der Waals surface area contributed by atoms with Crippen molar-refractivity contribution in [3.63, 3.8) is 0 Å². The van der Waals surface area contributed by atoms with Gasteiger partial charge in [-0.15, -0.1) is 0 Å². The maximum Gasteiger partial charge on any atom is 0.397 e. The van der Waals surface area contributed by atoms with Gasteiger partial charge in [0.15, 0.2) is 5.25 Å². The van der Waals surface area contributed by atoms with Crippen LogP contribution in [0.25, 0.3) is 0 Å². The van der Waals surface area contributed by atoms with E-state index >= 15 is 0 Å². The topological polar surface area (TPSA) is 194 Å². The fraction of sp³-hybridized carbons (Fsp3) is 1.00. The monoisotopic (exact) mass is 409 g/mol. The van der Waals surface area contributed by atoms with E-state index in [1.807, 2.05) is 0 Å². The third-order valence-electron chi connectivity index (χ3n) is 3.97. The van der Waals surface area contributed by atoms with E-state index in [4.69, 9.17) is 14.4 Å². The van der Waals surface area contributed by atoms with Gasteiger partial charge >= 0.3 is 10.4 Å². The van der Waals surface area contributed by atoms with Crippen LogP contribution in [0.3, 0.4) is 0 Å². The Morgan fingerprint density at radius 3 is 2.28 bits per heavy atom. The number of ether oxygens (including phenoxy) is 1. The second-order valence-electron chi connectivity index (χ2n) is 5.65. The zero-order chi connectivity index (χ0) is 19.4. The largest absolute Gasteiger partial charge is 0.397 e. The van der Waals surface area contributed by atoms with Crippen molar-refractivity contribution in [2.45, 2.75) is 41.9 Å². The SMILES string of the molecule is CO[C@H](C[S@@+]1C[C@@H](O)[C@H](O)[C@H]1CO)[C@@H](OS(=O)(=O)O)[C@H](O)[C@H](O)CO. The van der Waals surface area contributed by atoms with Crippen molar-refractivity contribution in [1.82, 2.24) is 0 Å². The van der Waals surface area contributed by atoms with Crippen LogP contribution < -0.4 is 0 Å². The molecule has 8 atom stereocenters. The first-order chi connectivity index (χ1) is 11.6. The molecule has 1 saturated heterocycles. The van der Waals surface area contributed by atoms with E-state index in [2.05, 4.69) is 4.18 Å². The molecule has 11 nitrogen and oxygen atoms in total. The average Bonchev–Trinajstić information content (AvgIpc) is 2.81. The van der Waals surface area contributed by atoms with Crippen LogP contribution in [0.5, 0.6) is 0 Å². The molecule has 13 heteroatoms. The Kier molecular flexibility index (Phi) is 8.97. The number of aliphatic hydroxyl groups is 6. The van der Waals surface area contributed by atoms with Crippen LogP contribution in [0.4, 0.5) is 0 Å². The van der Waals surface area contributed by atoms with Crippen molar-refractivity contribution in [2.75, 3.05) is 31.8 Å². The number of methoxy groups -OCH3 is 1. The molecule has 0 aromatic heterocycles. The van der Waals surface area contributed by atoms with E-state index in [-0.39, 0.29) is 11.5 Å². The van der Waals surface area contributed by atoms with E-state index in [0.717, 1.165) is 0 Å². The summed E-state index contributed by atoms with van der Waals surface area (Å²) in [5.74, 6) is 0.0781. The molecule has 0 amide bonds. The Balaban J connectivity index is 3.00. The Labute approximate surface area is 148 Å². The van der Waals surface area contributed by atoms with Gasteiger partial charge < -0.3 is 35.4 Å². The molecule has 0 saturated carbocycles. The minimum absolute atomic E-state index is 0.0365. The Morgan fingerprint density at radius 1 is 1.24 bits per heavy atom. The van der Waals surface area contributed by atoms with Gasteiger partial charge in [-0.3, -0.25) is 4.55 Å². The molecule has 150 valence electrons. The molecule has 1 aliphatic heterocycles. The van der Waals surface area contributed by atoms with E-state index in [1.165, 1.54) is 7.11 Å². The molecule has 1 heterocycles. The van der Waals surface area contributed by atoms with Gasteiger partial charge in [0.05, 0.1) is 13.2 Å². The lowest BCUT2D eigenvalue weighted by Gasteiger charge is -2.30. The number of hydrogen-bond donors (Lipinski definition) is 7. The van der Waals surface area contributed by atoms with Crippen molar-refractivity contribution in [1.29, 1.82) is 0 Å². The fourth-order valence-corrected chi connectivity index (χ4v) is 5.92. The van der Waals surface area contributed by atoms with Gasteiger partial charge in [-0.25, -0.2) is 4.18 Å². The minimum Gasteiger partial charge on any atom is -0.394 e. The second kappa shape index (κ2) is 9.75. The molecular weight excluding hydrogens is 384 g/mol. The zero-order valence-corrected chi connectivity index (χ0v) is 15.1. The molecule has 1 aliphatic rings. The normalized spacial score (nSPS) is 32.3. The predicted octanol–water partition coefficient (Wildman–Crippen LogP) is -4.38. The van der Waals surface area contributed by atoms with Crippen LogP contribution in [-0.4, -0.2) is 117 Å². The van der Waals surface area contributed by atoms with Crippen LogP contribution in [0.15, 0.2) is 0 Å². The van der Waals surface area contributed by atoms with Gasteiger partial charge in [0.2, 0.25) is 0 Å². The number of rotatable bonds is 10. The molecule has 0 aromatic carbocycles. The van der Waals surface area contributed by atoms with Gasteiger partial charge in [0, 0.05) is 18.0 Å². The third kappa shape index (κ3) is 6.25. The second-order valence-corrected chi connectivity index (χ2v) is 9.05. The Morgan fingerprint density at radius 2 is 1.84 bits per heavy atom. The highest BCUT2D eigenvalue weighted by molar-refractivity contribution is 7.97. The van der Waals surface area contributed by atoms with Crippen molar-refractivity contribution >= 4 is 21.3 Å². The predicted molar refractivity (Wildman–Crippen MR) is 86.3 cm³/mol. The molecule has 0 aromatic rings. The molecule has 0 unspecified atom stereocenters. The van der Waals surface area contributed by atoms with Crippen molar-refractivity contribution in [3.05, 3.63) is 0 Å². The van der Waals surface area contributed by atoms with Gasteiger partial charge in [-0.1, -0.05) is 0 Å². The smallest absolute Gasteiger partial charge is 0.394 e. The van der Waals surface area contributed by atoms with Gasteiger partial charge in [-0.05, 0) is 0 Å². The number of aliphatic hydroxyl groups excluding tert-OH is 6. The van der Waals surface area contributed by atoms with Crippen LogP contribution in [-0.2, 0) is 30.2 Å². The summed E-state index contributed by atoms with van der Waals surface area (Å²) in [4.78, 5) is 0. The summed E-state index contributed by atoms with van der Waals surface area (Å²) >= 11 is 0. The highest BCUT2D eigenvalue weighted by atomic mass is 32.3. The van der Waals surface area contributed by atoms with Crippen LogP contribution in [0.1, 0.15) is 0 Å². The first kappa shape index (κ1) is 23.0. The molecule has 1 fully saturated rings. The molecule has 7 N–H and O–H groups in total. The number of hydrogen-bond acceptors (Lipinski definition) is 10. The van der Waals surface area contributed by atoms with Gasteiger partial charge in [-0.2, -0.15) is 8.42 Å². The summed E-state index contributed by atoms with van der Waals surface area (Å²) in [6, 6.07) is 0. The van der Waals surface area contributed by atoms with Crippen LogP contribution in [0, 0.1) is 0 Å². The lowest BCUT2D eigenvalue weighted by Crippen LogP contribution is -2.52. The lowest BCUT2D eigenvalue weighted by molar-refractivity contribution is -0.108. The molecule has 0 bridgehead atoms. The standard InChI is InChI=1S/C12H24O11S2/c1-22-8(5-24-4-7(16)10(17)9(24)3-14)12(23-25(19,20)21)11(18)6(15)2-13/h6-18H,2-5H2,1H3/p+1/t6-,7-,8-,9-,10+,11-,12-,24-/m1/s1. The fourth-order valence-electron chi connectivity index (χ4n) is 2.61. The highest BCUT2D eigenvalue weighted by Gasteiger charge is 2.52. The summed E-state index contributed by atoms with van der Waals surface area (Å²) in [7, 11) is -4.67. The Hall–Kier alpha value is -0.0600. The third-order valence-corrected chi connectivity index (χ3v) is 7.24. The molecule has 0 radical (unpaired) electrons. The molecule has 1 rings (SSSR count). The zero-order valence-electron chi connectivity index (χ0n) is 13.4. The van der Waals surface area contributed by atoms with E-state index < -0.39 is 76.4 Å². The average molecular weight is 409 g/mol. The molecule has 0 aliphatic carbocycles. The molecule has 0 spiro atoms. The van der Waals surface area contributed by atoms with E-state index in [9.17, 15) is 34.0 Å². The first-order valence-corrected chi connectivity index (χ1v) is 10.3. The van der Waals surface area contributed by atoms with E-state index in [1.54, 1.807) is 0 Å².